The van der Waals surface area contributed by atoms with Crippen LogP contribution in [0, 0.1) is 0 Å². The number of nitrogens with zero attached hydrogens (tertiary/aromatic N) is 3. The maximum atomic E-state index is 2.51. The number of fused-ring (bicyclic) bond motifs is 9. The Hall–Kier alpha value is -8.40. The molecule has 75 heavy (non-hydrogen) atoms. The van der Waals surface area contributed by atoms with Crippen molar-refractivity contribution in [1.82, 2.24) is 13.7 Å². The third-order valence-corrected chi connectivity index (χ3v) is 15.8. The zero-order valence-electron chi connectivity index (χ0n) is 44.6. The van der Waals surface area contributed by atoms with Gasteiger partial charge < -0.3 is 13.7 Å². The highest BCUT2D eigenvalue weighted by Crippen LogP contribution is 2.49. The Morgan fingerprint density at radius 1 is 0.267 bits per heavy atom. The molecule has 13 rings (SSSR count). The van der Waals surface area contributed by atoms with Gasteiger partial charge in [-0.3, -0.25) is 0 Å². The van der Waals surface area contributed by atoms with E-state index in [4.69, 9.17) is 0 Å². The molecule has 0 aliphatic carbocycles. The van der Waals surface area contributed by atoms with Crippen LogP contribution in [0.25, 0.3) is 116 Å². The smallest absolute Gasteiger partial charge is 0.0547 e. The number of rotatable bonds is 6. The molecule has 0 radical (unpaired) electrons. The summed E-state index contributed by atoms with van der Waals surface area (Å²) in [5.74, 6) is 0. The van der Waals surface area contributed by atoms with Crippen LogP contribution in [0.2, 0.25) is 0 Å². The van der Waals surface area contributed by atoms with Crippen molar-refractivity contribution >= 4 is 65.4 Å². The van der Waals surface area contributed by atoms with Crippen LogP contribution in [0.4, 0.5) is 0 Å². The lowest BCUT2D eigenvalue weighted by molar-refractivity contribution is 0.535. The standard InChI is InChI=1S/C72H63N3/c1-70(2,3)56-41-42-61-66(68(56)71(4,5)6)64-52(47-23-12-10-13-24-47)31-21-35-59(64)74(61)51-39-37-46(38-40-51)48-25-20-26-49(45-48)53-32-22-36-60-65(53)67-62(73(60)50-27-14-11-15-28-50)43-44-63(69(67)72(7,8)9)75-57-33-18-16-29-54(57)55-30-17-19-34-58(55)75/h10-45H,1-9H3. The van der Waals surface area contributed by atoms with Crippen LogP contribution in [0.3, 0.4) is 0 Å². The van der Waals surface area contributed by atoms with Gasteiger partial charge in [0.1, 0.15) is 0 Å². The fourth-order valence-electron chi connectivity index (χ4n) is 12.7. The van der Waals surface area contributed by atoms with Gasteiger partial charge in [0, 0.05) is 43.7 Å². The van der Waals surface area contributed by atoms with Gasteiger partial charge in [-0.25, -0.2) is 0 Å². The van der Waals surface area contributed by atoms with Crippen molar-refractivity contribution in [3.63, 3.8) is 0 Å². The summed E-state index contributed by atoms with van der Waals surface area (Å²) < 4.78 is 7.49. The molecule has 0 spiro atoms. The quantitative estimate of drug-likeness (QED) is 0.158. The molecule has 0 bridgehead atoms. The van der Waals surface area contributed by atoms with Gasteiger partial charge >= 0.3 is 0 Å². The van der Waals surface area contributed by atoms with Crippen molar-refractivity contribution in [2.45, 2.75) is 78.6 Å². The van der Waals surface area contributed by atoms with Crippen molar-refractivity contribution in [2.75, 3.05) is 0 Å². The summed E-state index contributed by atoms with van der Waals surface area (Å²) in [5.41, 5.74) is 21.9. The van der Waals surface area contributed by atoms with Crippen LogP contribution < -0.4 is 0 Å². The average molecular weight is 970 g/mol. The number of para-hydroxylation sites is 3. The summed E-state index contributed by atoms with van der Waals surface area (Å²) in [6.07, 6.45) is 0. The van der Waals surface area contributed by atoms with E-state index in [9.17, 15) is 0 Å². The minimum atomic E-state index is -0.226. The van der Waals surface area contributed by atoms with E-state index in [0.29, 0.717) is 0 Å². The minimum absolute atomic E-state index is 0.0289. The van der Waals surface area contributed by atoms with Crippen molar-refractivity contribution in [2.24, 2.45) is 0 Å². The lowest BCUT2D eigenvalue weighted by Gasteiger charge is -2.31. The summed E-state index contributed by atoms with van der Waals surface area (Å²) in [6.45, 7) is 21.3. The van der Waals surface area contributed by atoms with Crippen molar-refractivity contribution in [3.05, 3.63) is 235 Å². The second-order valence-electron chi connectivity index (χ2n) is 23.8. The van der Waals surface area contributed by atoms with E-state index in [1.165, 1.54) is 121 Å². The first kappa shape index (κ1) is 46.4. The first-order valence-electron chi connectivity index (χ1n) is 26.7. The normalized spacial score (nSPS) is 12.6. The molecule has 0 aliphatic rings. The van der Waals surface area contributed by atoms with Crippen LogP contribution in [-0.4, -0.2) is 13.7 Å². The van der Waals surface area contributed by atoms with Crippen molar-refractivity contribution < 1.29 is 0 Å². The van der Waals surface area contributed by atoms with E-state index >= 15 is 0 Å². The lowest BCUT2D eigenvalue weighted by atomic mass is 9.73. The van der Waals surface area contributed by atoms with Gasteiger partial charge in [0.2, 0.25) is 0 Å². The Morgan fingerprint density at radius 2 is 0.707 bits per heavy atom. The molecule has 3 aromatic heterocycles. The maximum absolute atomic E-state index is 2.51. The highest BCUT2D eigenvalue weighted by Gasteiger charge is 2.32. The van der Waals surface area contributed by atoms with Gasteiger partial charge in [-0.2, -0.15) is 0 Å². The molecule has 0 unspecified atom stereocenters. The molecule has 0 atom stereocenters. The van der Waals surface area contributed by atoms with Gasteiger partial charge in [0.25, 0.3) is 0 Å². The number of benzene rings is 10. The van der Waals surface area contributed by atoms with Crippen LogP contribution in [0.5, 0.6) is 0 Å². The fraction of sp³-hybridized carbons (Fsp3) is 0.167. The Labute approximate surface area is 441 Å². The Bertz CT molecular complexity index is 4310. The number of hydrogen-bond donors (Lipinski definition) is 0. The molecule has 10 aromatic carbocycles. The van der Waals surface area contributed by atoms with E-state index in [-0.39, 0.29) is 16.2 Å². The third kappa shape index (κ3) is 7.38. The molecule has 0 saturated carbocycles. The highest BCUT2D eigenvalue weighted by atomic mass is 15.0. The van der Waals surface area contributed by atoms with Crippen molar-refractivity contribution in [1.29, 1.82) is 0 Å². The molecule has 0 amide bonds. The van der Waals surface area contributed by atoms with Gasteiger partial charge in [-0.1, -0.05) is 208 Å². The Balaban J connectivity index is 1.01. The predicted molar refractivity (Wildman–Crippen MR) is 322 cm³/mol. The predicted octanol–water partition coefficient (Wildman–Crippen LogP) is 19.9. The first-order chi connectivity index (χ1) is 36.2. The minimum Gasteiger partial charge on any atom is -0.309 e. The van der Waals surface area contributed by atoms with Crippen molar-refractivity contribution in [3.8, 4) is 50.4 Å². The van der Waals surface area contributed by atoms with E-state index in [0.717, 1.165) is 11.4 Å². The summed E-state index contributed by atoms with van der Waals surface area (Å²) in [5, 5.41) is 7.74. The average Bonchev–Trinajstić information content (AvgIpc) is 4.15. The topological polar surface area (TPSA) is 14.8 Å². The van der Waals surface area contributed by atoms with E-state index in [1.54, 1.807) is 0 Å². The maximum Gasteiger partial charge on any atom is 0.0547 e. The molecule has 3 nitrogen and oxygen atoms in total. The molecular weight excluding hydrogens is 907 g/mol. The van der Waals surface area contributed by atoms with E-state index in [1.807, 2.05) is 0 Å². The largest absolute Gasteiger partial charge is 0.309 e. The third-order valence-electron chi connectivity index (χ3n) is 15.8. The molecule has 3 heterocycles. The second kappa shape index (κ2) is 17.1. The molecule has 13 aromatic rings. The van der Waals surface area contributed by atoms with Gasteiger partial charge in [0.05, 0.1) is 38.8 Å². The summed E-state index contributed by atoms with van der Waals surface area (Å²) in [4.78, 5) is 0. The Morgan fingerprint density at radius 3 is 1.28 bits per heavy atom. The summed E-state index contributed by atoms with van der Waals surface area (Å²) in [6, 6.07) is 81.3. The molecule has 0 aliphatic heterocycles. The van der Waals surface area contributed by atoms with Crippen LogP contribution in [0.1, 0.15) is 79.0 Å². The van der Waals surface area contributed by atoms with Crippen LogP contribution >= 0.6 is 0 Å². The molecule has 366 valence electrons. The van der Waals surface area contributed by atoms with Crippen LogP contribution in [-0.2, 0) is 16.2 Å². The molecule has 0 saturated heterocycles. The zero-order valence-corrected chi connectivity index (χ0v) is 44.6. The zero-order chi connectivity index (χ0) is 51.5. The monoisotopic (exact) mass is 970 g/mol. The first-order valence-corrected chi connectivity index (χ1v) is 26.7. The summed E-state index contributed by atoms with van der Waals surface area (Å²) in [7, 11) is 0. The molecule has 3 heteroatoms. The molecular formula is C72H63N3. The lowest BCUT2D eigenvalue weighted by Crippen LogP contribution is -2.22. The van der Waals surface area contributed by atoms with Gasteiger partial charge in [0.15, 0.2) is 0 Å². The fourth-order valence-corrected chi connectivity index (χ4v) is 12.7. The van der Waals surface area contributed by atoms with Gasteiger partial charge in [-0.05, 0) is 139 Å². The molecule has 0 N–H and O–H groups in total. The highest BCUT2D eigenvalue weighted by molar-refractivity contribution is 6.20. The number of aromatic nitrogens is 3. The molecule has 0 fully saturated rings. The Kier molecular flexibility index (Phi) is 10.6. The SMILES string of the molecule is CC(C)(C)c1ccc2c(c1C(C)(C)C)c1c(-c3ccccc3)cccc1n2-c1ccc(-c2cccc(-c3cccc4c3c3c(C(C)(C)C)c(-n5c6ccccc6c6ccccc65)ccc3n4-c3ccccc3)c2)cc1. The van der Waals surface area contributed by atoms with Crippen LogP contribution in [0.15, 0.2) is 218 Å². The van der Waals surface area contributed by atoms with E-state index in [2.05, 4.69) is 294 Å². The van der Waals surface area contributed by atoms with Gasteiger partial charge in [-0.15, -0.1) is 0 Å². The number of hydrogen-bond acceptors (Lipinski definition) is 0. The second-order valence-corrected chi connectivity index (χ2v) is 23.8. The van der Waals surface area contributed by atoms with E-state index < -0.39 is 0 Å². The summed E-state index contributed by atoms with van der Waals surface area (Å²) >= 11 is 0.